The van der Waals surface area contributed by atoms with Crippen LogP contribution in [-0.2, 0) is 22.7 Å². The van der Waals surface area contributed by atoms with Crippen LogP contribution in [0.15, 0.2) is 54.6 Å². The molecule has 31 heavy (non-hydrogen) atoms. The minimum absolute atomic E-state index is 0.240. The van der Waals surface area contributed by atoms with Crippen LogP contribution in [0.4, 0.5) is 4.39 Å². The molecule has 3 aromatic rings. The fourth-order valence-corrected chi connectivity index (χ4v) is 4.09. The number of amides is 1. The lowest BCUT2D eigenvalue weighted by molar-refractivity contribution is -0.186. The lowest BCUT2D eigenvalue weighted by Gasteiger charge is -2.21. The second-order valence-corrected chi connectivity index (χ2v) is 8.34. The molecule has 0 saturated carbocycles. The Morgan fingerprint density at radius 1 is 1.13 bits per heavy atom. The molecule has 2 aromatic heterocycles. The van der Waals surface area contributed by atoms with Gasteiger partial charge in [0.25, 0.3) is 5.91 Å². The van der Waals surface area contributed by atoms with Crippen molar-refractivity contribution in [3.8, 4) is 10.6 Å². The van der Waals surface area contributed by atoms with E-state index in [1.54, 1.807) is 18.2 Å². The Hall–Kier alpha value is -2.65. The predicted molar refractivity (Wildman–Crippen MR) is 117 cm³/mol. The summed E-state index contributed by atoms with van der Waals surface area (Å²) in [5.41, 5.74) is 5.18. The molecule has 4 rings (SSSR count). The third-order valence-electron chi connectivity index (χ3n) is 4.86. The Morgan fingerprint density at radius 2 is 2.00 bits per heavy atom. The van der Waals surface area contributed by atoms with Crippen molar-refractivity contribution in [2.24, 2.45) is 0 Å². The van der Waals surface area contributed by atoms with Crippen LogP contribution in [0.5, 0.6) is 0 Å². The molecule has 0 radical (unpaired) electrons. The van der Waals surface area contributed by atoms with Crippen molar-refractivity contribution in [3.63, 3.8) is 0 Å². The van der Waals surface area contributed by atoms with Gasteiger partial charge < -0.3 is 10.1 Å². The fraction of sp³-hybridized carbons (Fsp3) is 0.304. The van der Waals surface area contributed by atoms with Crippen molar-refractivity contribution in [1.29, 1.82) is 0 Å². The molecular weight excluding hydrogens is 417 g/mol. The van der Waals surface area contributed by atoms with Gasteiger partial charge in [0.15, 0.2) is 6.29 Å². The average molecular weight is 442 g/mol. The smallest absolute Gasteiger partial charge is 0.285 e. The topological polar surface area (TPSA) is 72.5 Å². The van der Waals surface area contributed by atoms with Gasteiger partial charge in [-0.25, -0.2) is 14.7 Å². The number of nitrogens with zero attached hydrogens (tertiary/aromatic N) is 1. The predicted octanol–water partition coefficient (Wildman–Crippen LogP) is 4.43. The number of rotatable bonds is 8. The number of hydroxylamine groups is 1. The zero-order valence-corrected chi connectivity index (χ0v) is 17.8. The third kappa shape index (κ3) is 6.18. The van der Waals surface area contributed by atoms with Crippen molar-refractivity contribution in [3.05, 3.63) is 76.5 Å². The molecule has 1 atom stereocenters. The van der Waals surface area contributed by atoms with Gasteiger partial charge in [-0.2, -0.15) is 0 Å². The van der Waals surface area contributed by atoms with Crippen molar-refractivity contribution in [1.82, 2.24) is 15.8 Å². The summed E-state index contributed by atoms with van der Waals surface area (Å²) in [6.07, 6.45) is 2.46. The molecule has 6 nitrogen and oxygen atoms in total. The van der Waals surface area contributed by atoms with Crippen LogP contribution < -0.4 is 10.8 Å². The second kappa shape index (κ2) is 10.6. The number of carbonyl (C=O) groups excluding carboxylic acids is 1. The monoisotopic (exact) mass is 441 g/mol. The number of aromatic nitrogens is 1. The van der Waals surface area contributed by atoms with Crippen molar-refractivity contribution in [2.45, 2.75) is 38.6 Å². The van der Waals surface area contributed by atoms with Crippen molar-refractivity contribution >= 4 is 17.2 Å². The Bertz CT molecular complexity index is 1000. The van der Waals surface area contributed by atoms with E-state index < -0.39 is 0 Å². The van der Waals surface area contributed by atoms with Gasteiger partial charge in [0.2, 0.25) is 0 Å². The number of hydrogen-bond donors (Lipinski definition) is 2. The number of carbonyl (C=O) groups is 1. The van der Waals surface area contributed by atoms with Crippen LogP contribution in [0, 0.1) is 5.82 Å². The van der Waals surface area contributed by atoms with Crippen LogP contribution in [0.2, 0.25) is 0 Å². The number of halogens is 1. The Labute approximate surface area is 184 Å². The molecule has 1 aromatic carbocycles. The van der Waals surface area contributed by atoms with Crippen molar-refractivity contribution < 1.29 is 18.8 Å². The minimum Gasteiger partial charge on any atom is -0.350 e. The van der Waals surface area contributed by atoms with Crippen LogP contribution >= 0.6 is 11.3 Å². The first-order chi connectivity index (χ1) is 15.2. The molecule has 162 valence electrons. The highest BCUT2D eigenvalue weighted by atomic mass is 32.1. The summed E-state index contributed by atoms with van der Waals surface area (Å²) in [6.45, 7) is 1.86. The lowest BCUT2D eigenvalue weighted by Crippen LogP contribution is -2.32. The van der Waals surface area contributed by atoms with Gasteiger partial charge in [-0.1, -0.05) is 18.2 Å². The Morgan fingerprint density at radius 3 is 2.81 bits per heavy atom. The number of pyridine rings is 1. The molecule has 3 heterocycles. The molecule has 0 spiro atoms. The summed E-state index contributed by atoms with van der Waals surface area (Å²) >= 11 is 1.36. The quantitative estimate of drug-likeness (QED) is 0.506. The van der Waals surface area contributed by atoms with Gasteiger partial charge in [0, 0.05) is 26.1 Å². The number of nitrogens with one attached hydrogen (secondary N) is 2. The van der Waals surface area contributed by atoms with Gasteiger partial charge in [-0.05, 0) is 54.8 Å². The molecule has 1 aliphatic rings. The summed E-state index contributed by atoms with van der Waals surface area (Å²) in [5.74, 6) is -0.529. The Kier molecular flexibility index (Phi) is 7.37. The van der Waals surface area contributed by atoms with Crippen LogP contribution in [0.3, 0.4) is 0 Å². The fourth-order valence-electron chi connectivity index (χ4n) is 3.22. The molecular formula is C23H24FN3O3S. The summed E-state index contributed by atoms with van der Waals surface area (Å²) in [6, 6.07) is 15.9. The SMILES string of the molecule is O=C(NOC1CCCCO1)c1ccc(-c2cccc(CNCc3ccc(F)cc3)n2)s1. The number of benzene rings is 1. The molecule has 0 bridgehead atoms. The van der Waals surface area contributed by atoms with Crippen molar-refractivity contribution in [2.75, 3.05) is 6.61 Å². The van der Waals surface area contributed by atoms with E-state index in [0.717, 1.165) is 41.1 Å². The Balaban J connectivity index is 1.31. The highest BCUT2D eigenvalue weighted by molar-refractivity contribution is 7.17. The summed E-state index contributed by atoms with van der Waals surface area (Å²) in [5, 5.41) is 3.31. The van der Waals surface area contributed by atoms with E-state index >= 15 is 0 Å². The van der Waals surface area contributed by atoms with Gasteiger partial charge in [-0.15, -0.1) is 11.3 Å². The maximum Gasteiger partial charge on any atom is 0.285 e. The van der Waals surface area contributed by atoms with E-state index in [-0.39, 0.29) is 18.0 Å². The molecule has 1 saturated heterocycles. The van der Waals surface area contributed by atoms with E-state index in [2.05, 4.69) is 15.8 Å². The number of thiophene rings is 1. The zero-order valence-electron chi connectivity index (χ0n) is 17.0. The maximum absolute atomic E-state index is 13.0. The summed E-state index contributed by atoms with van der Waals surface area (Å²) in [7, 11) is 0. The highest BCUT2D eigenvalue weighted by Gasteiger charge is 2.17. The normalized spacial score (nSPS) is 16.2. The largest absolute Gasteiger partial charge is 0.350 e. The van der Waals surface area contributed by atoms with Gasteiger partial charge in [-0.3, -0.25) is 9.78 Å². The zero-order chi connectivity index (χ0) is 21.5. The van der Waals surface area contributed by atoms with Crippen LogP contribution in [0.1, 0.15) is 40.2 Å². The van der Waals surface area contributed by atoms with Gasteiger partial charge >= 0.3 is 0 Å². The highest BCUT2D eigenvalue weighted by Crippen LogP contribution is 2.27. The lowest BCUT2D eigenvalue weighted by atomic mass is 10.2. The molecule has 8 heteroatoms. The van der Waals surface area contributed by atoms with Crippen LogP contribution in [-0.4, -0.2) is 23.8 Å². The minimum atomic E-state index is -0.377. The molecule has 1 aliphatic heterocycles. The standard InChI is InChI=1S/C23H24FN3O3S/c24-17-9-7-16(8-10-17)14-25-15-18-4-3-5-19(26-18)20-11-12-21(31-20)23(28)27-30-22-6-1-2-13-29-22/h3-5,7-12,22,25H,1-2,6,13-15H2,(H,27,28). The average Bonchev–Trinajstić information content (AvgIpc) is 3.30. The first-order valence-electron chi connectivity index (χ1n) is 10.3. The van der Waals surface area contributed by atoms with E-state index in [4.69, 9.17) is 9.57 Å². The molecule has 0 aliphatic carbocycles. The van der Waals surface area contributed by atoms with E-state index in [1.165, 1.54) is 23.5 Å². The number of hydrogen-bond acceptors (Lipinski definition) is 6. The third-order valence-corrected chi connectivity index (χ3v) is 5.97. The van der Waals surface area contributed by atoms with Crippen LogP contribution in [0.25, 0.3) is 10.6 Å². The molecule has 1 fully saturated rings. The van der Waals surface area contributed by atoms with Gasteiger partial charge in [0.05, 0.1) is 21.1 Å². The summed E-state index contributed by atoms with van der Waals surface area (Å²) in [4.78, 5) is 23.9. The molecule has 2 N–H and O–H groups in total. The molecule has 1 amide bonds. The van der Waals surface area contributed by atoms with E-state index in [0.29, 0.717) is 24.6 Å². The van der Waals surface area contributed by atoms with E-state index in [9.17, 15) is 9.18 Å². The number of ether oxygens (including phenoxy) is 1. The maximum atomic E-state index is 13.0. The first-order valence-corrected chi connectivity index (χ1v) is 11.1. The first kappa shape index (κ1) is 21.6. The van der Waals surface area contributed by atoms with Gasteiger partial charge in [0.1, 0.15) is 5.82 Å². The van der Waals surface area contributed by atoms with E-state index in [1.807, 2.05) is 24.3 Å². The molecule has 1 unspecified atom stereocenters. The second-order valence-electron chi connectivity index (χ2n) is 7.25. The summed E-state index contributed by atoms with van der Waals surface area (Å²) < 4.78 is 18.4.